The number of carbonyl (C=O) groups excluding carboxylic acids is 1. The van der Waals surface area contributed by atoms with E-state index in [4.69, 9.17) is 4.74 Å². The average molecular weight is 281 g/mol. The van der Waals surface area contributed by atoms with Crippen LogP contribution in [-0.2, 0) is 21.4 Å². The van der Waals surface area contributed by atoms with Gasteiger partial charge in [0.15, 0.2) is 6.10 Å². The third-order valence-corrected chi connectivity index (χ3v) is 3.25. The second-order valence-corrected chi connectivity index (χ2v) is 5.90. The van der Waals surface area contributed by atoms with Gasteiger partial charge >= 0.3 is 5.97 Å². The van der Waals surface area contributed by atoms with Crippen molar-refractivity contribution < 1.29 is 19.4 Å². The van der Waals surface area contributed by atoms with Gasteiger partial charge in [-0.25, -0.2) is 4.79 Å². The number of morpholine rings is 1. The zero-order chi connectivity index (χ0) is 15.1. The summed E-state index contributed by atoms with van der Waals surface area (Å²) in [5.41, 5.74) is 0.151. The lowest BCUT2D eigenvalue weighted by Gasteiger charge is -2.46. The van der Waals surface area contributed by atoms with Gasteiger partial charge in [-0.1, -0.05) is 0 Å². The second-order valence-electron chi connectivity index (χ2n) is 5.90. The van der Waals surface area contributed by atoms with Crippen molar-refractivity contribution in [3.05, 3.63) is 18.0 Å². The molecule has 1 aliphatic rings. The van der Waals surface area contributed by atoms with E-state index >= 15 is 0 Å². The molecule has 20 heavy (non-hydrogen) atoms. The van der Waals surface area contributed by atoms with E-state index in [-0.39, 0.29) is 12.5 Å². The van der Waals surface area contributed by atoms with Crippen molar-refractivity contribution in [2.24, 2.45) is 7.05 Å². The summed E-state index contributed by atoms with van der Waals surface area (Å²) in [6.45, 7) is 5.40. The number of aryl methyl sites for hydroxylation is 1. The van der Waals surface area contributed by atoms with Gasteiger partial charge in [0.2, 0.25) is 5.91 Å². The van der Waals surface area contributed by atoms with Gasteiger partial charge in [-0.3, -0.25) is 9.48 Å². The third-order valence-electron chi connectivity index (χ3n) is 3.25. The number of carbonyl (C=O) groups is 2. The van der Waals surface area contributed by atoms with Crippen LogP contribution in [0.25, 0.3) is 0 Å². The van der Waals surface area contributed by atoms with Gasteiger partial charge in [0.05, 0.1) is 12.2 Å². The van der Waals surface area contributed by atoms with Crippen molar-refractivity contribution in [1.82, 2.24) is 14.7 Å². The Morgan fingerprint density at radius 1 is 1.50 bits per heavy atom. The molecule has 2 rings (SSSR count). The Balaban J connectivity index is 2.50. The number of amides is 1. The molecular formula is C13H19N3O4. The maximum Gasteiger partial charge on any atom is 0.335 e. The van der Waals surface area contributed by atoms with Gasteiger partial charge in [-0.05, 0) is 20.8 Å². The molecule has 7 heteroatoms. The number of aliphatic carboxylic acids is 1. The second kappa shape index (κ2) is 4.90. The molecule has 0 radical (unpaired) electrons. The largest absolute Gasteiger partial charge is 0.479 e. The molecule has 1 aromatic rings. The molecule has 1 fully saturated rings. The number of aromatic nitrogens is 2. The van der Waals surface area contributed by atoms with E-state index in [1.54, 1.807) is 29.0 Å². The molecule has 1 amide bonds. The molecule has 0 bridgehead atoms. The Morgan fingerprint density at radius 3 is 2.60 bits per heavy atom. The first-order chi connectivity index (χ1) is 9.21. The molecule has 1 aliphatic heterocycles. The van der Waals surface area contributed by atoms with Crippen LogP contribution in [0.1, 0.15) is 32.4 Å². The van der Waals surface area contributed by atoms with Gasteiger partial charge < -0.3 is 14.7 Å². The standard InChI is InChI=1S/C13H19N3O4/c1-13(2,3)16-9(17)7-20-11(12(18)19)10(16)8-5-14-15(4)6-8/h5-6,10-11H,7H2,1-4H3,(H,18,19). The van der Waals surface area contributed by atoms with Crippen molar-refractivity contribution in [2.45, 2.75) is 38.5 Å². The quantitative estimate of drug-likeness (QED) is 0.856. The van der Waals surface area contributed by atoms with Gasteiger partial charge in [-0.2, -0.15) is 5.10 Å². The summed E-state index contributed by atoms with van der Waals surface area (Å²) >= 11 is 0. The minimum Gasteiger partial charge on any atom is -0.479 e. The van der Waals surface area contributed by atoms with Crippen LogP contribution >= 0.6 is 0 Å². The molecule has 2 heterocycles. The van der Waals surface area contributed by atoms with Crippen molar-refractivity contribution >= 4 is 11.9 Å². The van der Waals surface area contributed by atoms with E-state index in [2.05, 4.69) is 5.10 Å². The molecule has 0 aliphatic carbocycles. The summed E-state index contributed by atoms with van der Waals surface area (Å²) in [6.07, 6.45) is 2.19. The van der Waals surface area contributed by atoms with Crippen molar-refractivity contribution in [1.29, 1.82) is 0 Å². The maximum atomic E-state index is 12.2. The molecule has 110 valence electrons. The van der Waals surface area contributed by atoms with E-state index < -0.39 is 23.7 Å². The lowest BCUT2D eigenvalue weighted by atomic mass is 9.94. The van der Waals surface area contributed by atoms with Crippen molar-refractivity contribution in [3.8, 4) is 0 Å². The number of hydrogen-bond donors (Lipinski definition) is 1. The van der Waals surface area contributed by atoms with Crippen LogP contribution in [0.15, 0.2) is 12.4 Å². The van der Waals surface area contributed by atoms with E-state index in [9.17, 15) is 14.7 Å². The molecular weight excluding hydrogens is 262 g/mol. The highest BCUT2D eigenvalue weighted by Crippen LogP contribution is 2.35. The lowest BCUT2D eigenvalue weighted by molar-refractivity contribution is -0.179. The number of nitrogens with zero attached hydrogens (tertiary/aromatic N) is 3. The predicted molar refractivity (Wildman–Crippen MR) is 69.9 cm³/mol. The zero-order valence-corrected chi connectivity index (χ0v) is 12.0. The minimum absolute atomic E-state index is 0.217. The summed E-state index contributed by atoms with van der Waals surface area (Å²) < 4.78 is 6.80. The van der Waals surface area contributed by atoms with Gasteiger partial charge in [0.1, 0.15) is 6.61 Å². The topological polar surface area (TPSA) is 84.7 Å². The number of carboxylic acid groups (broad SMARTS) is 1. The molecule has 1 saturated heterocycles. The first kappa shape index (κ1) is 14.5. The monoisotopic (exact) mass is 281 g/mol. The first-order valence-corrected chi connectivity index (χ1v) is 6.37. The van der Waals surface area contributed by atoms with Crippen LogP contribution < -0.4 is 0 Å². The fourth-order valence-electron chi connectivity index (χ4n) is 2.53. The predicted octanol–water partition coefficient (Wildman–Crippen LogP) is 0.572. The number of rotatable bonds is 2. The molecule has 2 atom stereocenters. The maximum absolute atomic E-state index is 12.2. The third kappa shape index (κ3) is 2.53. The molecule has 0 spiro atoms. The average Bonchev–Trinajstić information content (AvgIpc) is 2.73. The summed E-state index contributed by atoms with van der Waals surface area (Å²) in [4.78, 5) is 25.2. The summed E-state index contributed by atoms with van der Waals surface area (Å²) in [6, 6.07) is -0.678. The molecule has 1 aromatic heterocycles. The van der Waals surface area contributed by atoms with Crippen LogP contribution in [0.2, 0.25) is 0 Å². The van der Waals surface area contributed by atoms with Crippen molar-refractivity contribution in [2.75, 3.05) is 6.61 Å². The van der Waals surface area contributed by atoms with Gasteiger partial charge in [-0.15, -0.1) is 0 Å². The normalized spacial score (nSPS) is 24.0. The Morgan fingerprint density at radius 2 is 2.15 bits per heavy atom. The minimum atomic E-state index is -1.09. The fraction of sp³-hybridized carbons (Fsp3) is 0.615. The van der Waals surface area contributed by atoms with Gasteiger partial charge in [0.25, 0.3) is 0 Å². The molecule has 0 aromatic carbocycles. The van der Waals surface area contributed by atoms with E-state index in [0.717, 1.165) is 0 Å². The Labute approximate surface area is 117 Å². The van der Waals surface area contributed by atoms with Gasteiger partial charge in [0, 0.05) is 24.3 Å². The SMILES string of the molecule is Cn1cc(C2C(C(=O)O)OCC(=O)N2C(C)(C)C)cn1. The van der Waals surface area contributed by atoms with Crippen LogP contribution in [0, 0.1) is 0 Å². The molecule has 2 unspecified atom stereocenters. The highest BCUT2D eigenvalue weighted by molar-refractivity contribution is 5.83. The zero-order valence-electron chi connectivity index (χ0n) is 12.0. The summed E-state index contributed by atoms with van der Waals surface area (Å²) in [7, 11) is 1.74. The van der Waals surface area contributed by atoms with E-state index in [1.807, 2.05) is 20.8 Å². The highest BCUT2D eigenvalue weighted by Gasteiger charge is 2.46. The summed E-state index contributed by atoms with van der Waals surface area (Å²) in [5, 5.41) is 13.4. The smallest absolute Gasteiger partial charge is 0.335 e. The van der Waals surface area contributed by atoms with E-state index in [1.165, 1.54) is 0 Å². The van der Waals surface area contributed by atoms with Crippen molar-refractivity contribution in [3.63, 3.8) is 0 Å². The molecule has 0 saturated carbocycles. The van der Waals surface area contributed by atoms with E-state index in [0.29, 0.717) is 5.56 Å². The lowest BCUT2D eigenvalue weighted by Crippen LogP contribution is -2.58. The Kier molecular flexibility index (Phi) is 3.56. The molecule has 1 N–H and O–H groups in total. The summed E-state index contributed by atoms with van der Waals surface area (Å²) in [5.74, 6) is -1.30. The Bertz CT molecular complexity index is 532. The number of hydrogen-bond acceptors (Lipinski definition) is 4. The first-order valence-electron chi connectivity index (χ1n) is 6.37. The van der Waals surface area contributed by atoms with Crippen LogP contribution in [0.4, 0.5) is 0 Å². The highest BCUT2D eigenvalue weighted by atomic mass is 16.5. The van der Waals surface area contributed by atoms with Crippen LogP contribution in [0.5, 0.6) is 0 Å². The fourth-order valence-corrected chi connectivity index (χ4v) is 2.53. The Hall–Kier alpha value is -1.89. The number of ether oxygens (including phenoxy) is 1. The van der Waals surface area contributed by atoms with Crippen LogP contribution in [0.3, 0.4) is 0 Å². The molecule has 7 nitrogen and oxygen atoms in total. The van der Waals surface area contributed by atoms with Crippen LogP contribution in [-0.4, -0.2) is 49.9 Å². The number of carboxylic acids is 1.